The summed E-state index contributed by atoms with van der Waals surface area (Å²) in [4.78, 5) is 9.79. The first-order valence-electron chi connectivity index (χ1n) is 7.40. The van der Waals surface area contributed by atoms with Gasteiger partial charge in [0, 0.05) is 44.6 Å². The molecule has 0 radical (unpaired) electrons. The van der Waals surface area contributed by atoms with Gasteiger partial charge in [-0.3, -0.25) is 4.90 Å². The molecule has 2 heterocycles. The minimum Gasteiger partial charge on any atom is -0.311 e. The maximum atomic E-state index is 4.70. The molecule has 1 N–H and O–H groups in total. The maximum Gasteiger partial charge on any atom is 0.107 e. The van der Waals surface area contributed by atoms with E-state index in [2.05, 4.69) is 34.3 Å². The van der Waals surface area contributed by atoms with E-state index in [1.165, 1.54) is 49.8 Å². The number of hydrogen-bond donors (Lipinski definition) is 1. The zero-order valence-electron chi connectivity index (χ0n) is 12.2. The monoisotopic (exact) mass is 282 g/mol. The molecule has 0 bridgehead atoms. The van der Waals surface area contributed by atoms with E-state index in [1.54, 1.807) is 11.3 Å². The molecule has 108 valence electrons. The van der Waals surface area contributed by atoms with E-state index in [1.807, 2.05) is 0 Å². The summed E-state index contributed by atoms with van der Waals surface area (Å²) in [6.45, 7) is 13.3. The first kappa shape index (κ1) is 14.9. The van der Waals surface area contributed by atoms with Gasteiger partial charge in [-0.05, 0) is 19.5 Å². The van der Waals surface area contributed by atoms with E-state index in [4.69, 9.17) is 4.98 Å². The van der Waals surface area contributed by atoms with Gasteiger partial charge in [-0.2, -0.15) is 0 Å². The maximum absolute atomic E-state index is 4.70. The van der Waals surface area contributed by atoms with Crippen LogP contribution in [0.3, 0.4) is 0 Å². The van der Waals surface area contributed by atoms with Gasteiger partial charge >= 0.3 is 0 Å². The lowest BCUT2D eigenvalue weighted by molar-refractivity contribution is 0.126. The average molecular weight is 282 g/mol. The number of rotatable bonds is 7. The van der Waals surface area contributed by atoms with E-state index >= 15 is 0 Å². The molecule has 1 aliphatic heterocycles. The predicted octanol–water partition coefficient (Wildman–Crippen LogP) is 1.78. The Hall–Kier alpha value is -0.490. The number of aromatic nitrogens is 1. The van der Waals surface area contributed by atoms with Crippen molar-refractivity contribution in [3.63, 3.8) is 0 Å². The van der Waals surface area contributed by atoms with Crippen molar-refractivity contribution in [1.29, 1.82) is 0 Å². The second-order valence-corrected chi connectivity index (χ2v) is 6.07. The van der Waals surface area contributed by atoms with Crippen molar-refractivity contribution in [2.45, 2.75) is 33.4 Å². The van der Waals surface area contributed by atoms with Gasteiger partial charge in [0.05, 0.1) is 5.69 Å². The number of piperazine rings is 1. The molecule has 1 aliphatic rings. The summed E-state index contributed by atoms with van der Waals surface area (Å²) in [5.41, 5.74) is 1.24. The third kappa shape index (κ3) is 4.84. The summed E-state index contributed by atoms with van der Waals surface area (Å²) in [6.07, 6.45) is 1.26. The Labute approximate surface area is 120 Å². The molecule has 0 saturated carbocycles. The molecule has 1 fully saturated rings. The van der Waals surface area contributed by atoms with Gasteiger partial charge in [-0.25, -0.2) is 4.98 Å². The third-order valence-electron chi connectivity index (χ3n) is 3.52. The summed E-state index contributed by atoms with van der Waals surface area (Å²) in [5.74, 6) is 0. The van der Waals surface area contributed by atoms with E-state index in [-0.39, 0.29) is 0 Å². The number of thiazole rings is 1. The molecule has 5 heteroatoms. The molecule has 0 spiro atoms. The molecule has 1 aromatic heterocycles. The van der Waals surface area contributed by atoms with Crippen LogP contribution in [0.2, 0.25) is 0 Å². The molecular formula is C14H26N4S. The molecule has 1 aromatic rings. The summed E-state index contributed by atoms with van der Waals surface area (Å²) >= 11 is 1.78. The minimum atomic E-state index is 0.908. The molecule has 1 saturated heterocycles. The van der Waals surface area contributed by atoms with Gasteiger partial charge in [-0.1, -0.05) is 13.8 Å². The van der Waals surface area contributed by atoms with Crippen molar-refractivity contribution in [2.24, 2.45) is 0 Å². The molecule has 2 rings (SSSR count). The van der Waals surface area contributed by atoms with Crippen LogP contribution in [-0.4, -0.2) is 54.1 Å². The van der Waals surface area contributed by atoms with Crippen molar-refractivity contribution in [2.75, 3.05) is 39.3 Å². The molecular weight excluding hydrogens is 256 g/mol. The van der Waals surface area contributed by atoms with E-state index < -0.39 is 0 Å². The Kier molecular flexibility index (Phi) is 6.23. The molecule has 4 nitrogen and oxygen atoms in total. The Balaban J connectivity index is 1.74. The second-order valence-electron chi connectivity index (χ2n) is 5.13. The van der Waals surface area contributed by atoms with Crippen LogP contribution in [0, 0.1) is 0 Å². The van der Waals surface area contributed by atoms with Crippen molar-refractivity contribution in [3.05, 3.63) is 16.1 Å². The van der Waals surface area contributed by atoms with Gasteiger partial charge in [0.15, 0.2) is 0 Å². The van der Waals surface area contributed by atoms with Crippen LogP contribution in [0.4, 0.5) is 0 Å². The third-order valence-corrected chi connectivity index (χ3v) is 4.41. The number of nitrogens with one attached hydrogen (secondary N) is 1. The molecule has 0 atom stereocenters. The zero-order valence-corrected chi connectivity index (χ0v) is 13.0. The van der Waals surface area contributed by atoms with Crippen LogP contribution in [0.25, 0.3) is 0 Å². The van der Waals surface area contributed by atoms with Crippen LogP contribution < -0.4 is 5.32 Å². The average Bonchev–Trinajstić information content (AvgIpc) is 2.87. The lowest BCUT2D eigenvalue weighted by Crippen LogP contribution is -2.46. The lowest BCUT2D eigenvalue weighted by Gasteiger charge is -2.34. The Morgan fingerprint density at radius 1 is 1.21 bits per heavy atom. The topological polar surface area (TPSA) is 31.4 Å². The van der Waals surface area contributed by atoms with Gasteiger partial charge in [0.1, 0.15) is 5.01 Å². The first-order chi connectivity index (χ1) is 9.31. The predicted molar refractivity (Wildman–Crippen MR) is 81.5 cm³/mol. The molecule has 0 aliphatic carbocycles. The standard InChI is InChI=1S/C14H26N4S/c1-3-5-17-6-8-18(9-7-17)11-13-12-19-14(16-13)10-15-4-2/h12,15H,3-11H2,1-2H3. The quantitative estimate of drug-likeness (QED) is 0.826. The van der Waals surface area contributed by atoms with Crippen LogP contribution in [0.15, 0.2) is 5.38 Å². The Bertz CT molecular complexity index is 358. The highest BCUT2D eigenvalue weighted by Gasteiger charge is 2.16. The summed E-state index contributed by atoms with van der Waals surface area (Å²) in [7, 11) is 0. The van der Waals surface area contributed by atoms with Crippen molar-refractivity contribution < 1.29 is 0 Å². The van der Waals surface area contributed by atoms with E-state index in [0.717, 1.165) is 19.6 Å². The van der Waals surface area contributed by atoms with Crippen LogP contribution in [-0.2, 0) is 13.1 Å². The van der Waals surface area contributed by atoms with Crippen molar-refractivity contribution >= 4 is 11.3 Å². The SMILES string of the molecule is CCCN1CCN(Cc2csc(CNCC)n2)CC1. The zero-order chi connectivity index (χ0) is 13.5. The highest BCUT2D eigenvalue weighted by Crippen LogP contribution is 2.13. The fraction of sp³-hybridized carbons (Fsp3) is 0.786. The van der Waals surface area contributed by atoms with Gasteiger partial charge < -0.3 is 10.2 Å². The lowest BCUT2D eigenvalue weighted by atomic mass is 10.3. The first-order valence-corrected chi connectivity index (χ1v) is 8.28. The van der Waals surface area contributed by atoms with E-state index in [0.29, 0.717) is 0 Å². The summed E-state index contributed by atoms with van der Waals surface area (Å²) in [6, 6.07) is 0. The fourth-order valence-electron chi connectivity index (χ4n) is 2.45. The van der Waals surface area contributed by atoms with Crippen LogP contribution >= 0.6 is 11.3 Å². The molecule has 0 aromatic carbocycles. The summed E-state index contributed by atoms with van der Waals surface area (Å²) in [5, 5.41) is 6.75. The summed E-state index contributed by atoms with van der Waals surface area (Å²) < 4.78 is 0. The van der Waals surface area contributed by atoms with Crippen LogP contribution in [0.5, 0.6) is 0 Å². The highest BCUT2D eigenvalue weighted by atomic mass is 32.1. The largest absolute Gasteiger partial charge is 0.311 e. The fourth-order valence-corrected chi connectivity index (χ4v) is 3.21. The molecule has 19 heavy (non-hydrogen) atoms. The number of nitrogens with zero attached hydrogens (tertiary/aromatic N) is 3. The van der Waals surface area contributed by atoms with Crippen LogP contribution in [0.1, 0.15) is 31.0 Å². The molecule has 0 amide bonds. The van der Waals surface area contributed by atoms with E-state index in [9.17, 15) is 0 Å². The highest BCUT2D eigenvalue weighted by molar-refractivity contribution is 7.09. The van der Waals surface area contributed by atoms with Crippen molar-refractivity contribution in [3.8, 4) is 0 Å². The van der Waals surface area contributed by atoms with Crippen molar-refractivity contribution in [1.82, 2.24) is 20.1 Å². The second kappa shape index (κ2) is 7.94. The smallest absolute Gasteiger partial charge is 0.107 e. The van der Waals surface area contributed by atoms with Gasteiger partial charge in [-0.15, -0.1) is 11.3 Å². The van der Waals surface area contributed by atoms with Gasteiger partial charge in [0.2, 0.25) is 0 Å². The molecule has 0 unspecified atom stereocenters. The normalized spacial score (nSPS) is 18.0. The Morgan fingerprint density at radius 3 is 2.63 bits per heavy atom. The Morgan fingerprint density at radius 2 is 1.95 bits per heavy atom. The minimum absolute atomic E-state index is 0.908. The number of hydrogen-bond acceptors (Lipinski definition) is 5. The van der Waals surface area contributed by atoms with Gasteiger partial charge in [0.25, 0.3) is 0 Å².